The lowest BCUT2D eigenvalue weighted by molar-refractivity contribution is 0.103. The van der Waals surface area contributed by atoms with E-state index in [9.17, 15) is 9.18 Å². The average molecular weight is 359 g/mol. The molecule has 0 unspecified atom stereocenters. The van der Waals surface area contributed by atoms with Gasteiger partial charge in [0.1, 0.15) is 18.2 Å². The van der Waals surface area contributed by atoms with Gasteiger partial charge in [0.15, 0.2) is 0 Å². The first kappa shape index (κ1) is 17.2. The summed E-state index contributed by atoms with van der Waals surface area (Å²) in [6, 6.07) is 7.75. The molecule has 5 nitrogen and oxygen atoms in total. The summed E-state index contributed by atoms with van der Waals surface area (Å²) in [5.41, 5.74) is 2.35. The normalized spacial score (nSPS) is 10.7. The summed E-state index contributed by atoms with van der Waals surface area (Å²) < 4.78 is 20.5. The maximum absolute atomic E-state index is 13.1. The lowest BCUT2D eigenvalue weighted by Gasteiger charge is -2.04. The van der Waals surface area contributed by atoms with E-state index < -0.39 is 0 Å². The van der Waals surface area contributed by atoms with E-state index in [0.717, 1.165) is 17.8 Å². The van der Waals surface area contributed by atoms with Crippen LogP contribution in [0.1, 0.15) is 27.9 Å². The molecule has 0 spiro atoms. The zero-order valence-corrected chi connectivity index (χ0v) is 14.8. The molecule has 0 fully saturated rings. The molecule has 2 heterocycles. The van der Waals surface area contributed by atoms with Crippen LogP contribution in [0.3, 0.4) is 0 Å². The minimum Gasteiger partial charge on any atom is -0.489 e. The summed E-state index contributed by atoms with van der Waals surface area (Å²) in [6.07, 6.45) is 1.81. The Morgan fingerprint density at radius 1 is 1.40 bits per heavy atom. The highest BCUT2D eigenvalue weighted by Gasteiger charge is 2.13. The lowest BCUT2D eigenvalue weighted by Crippen LogP contribution is -2.10. The molecular formula is C18H18FN3O2S. The number of thiophene rings is 1. The maximum atomic E-state index is 13.1. The standard InChI is InChI=1S/C18H18FN3O2S/c1-3-22-9-16(12(2)21-22)20-18(23)17-7-13(11-25-17)10-24-15-6-4-5-14(19)8-15/h4-9,11H,3,10H2,1-2H3,(H,20,23). The molecule has 0 saturated carbocycles. The Morgan fingerprint density at radius 2 is 2.24 bits per heavy atom. The van der Waals surface area contributed by atoms with Gasteiger partial charge >= 0.3 is 0 Å². The van der Waals surface area contributed by atoms with Crippen LogP contribution in [0.4, 0.5) is 10.1 Å². The zero-order valence-electron chi connectivity index (χ0n) is 14.0. The quantitative estimate of drug-likeness (QED) is 0.716. The Labute approximate surface area is 149 Å². The SMILES string of the molecule is CCn1cc(NC(=O)c2cc(COc3cccc(F)c3)cs2)c(C)n1. The monoisotopic (exact) mass is 359 g/mol. The van der Waals surface area contributed by atoms with Crippen molar-refractivity contribution in [1.29, 1.82) is 0 Å². The van der Waals surface area contributed by atoms with Gasteiger partial charge in [-0.25, -0.2) is 4.39 Å². The van der Waals surface area contributed by atoms with Gasteiger partial charge in [-0.05, 0) is 37.4 Å². The third-order valence-electron chi connectivity index (χ3n) is 3.60. The number of nitrogens with one attached hydrogen (secondary N) is 1. The van der Waals surface area contributed by atoms with Gasteiger partial charge < -0.3 is 10.1 Å². The largest absolute Gasteiger partial charge is 0.489 e. The number of carbonyl (C=O) groups is 1. The van der Waals surface area contributed by atoms with Crippen LogP contribution in [-0.2, 0) is 13.2 Å². The predicted octanol–water partition coefficient (Wildman–Crippen LogP) is 4.24. The highest BCUT2D eigenvalue weighted by atomic mass is 32.1. The predicted molar refractivity (Wildman–Crippen MR) is 95.6 cm³/mol. The Morgan fingerprint density at radius 3 is 2.96 bits per heavy atom. The minimum absolute atomic E-state index is 0.180. The summed E-state index contributed by atoms with van der Waals surface area (Å²) >= 11 is 1.34. The van der Waals surface area contributed by atoms with Gasteiger partial charge in [0.25, 0.3) is 5.91 Å². The van der Waals surface area contributed by atoms with Crippen molar-refractivity contribution in [3.05, 3.63) is 63.9 Å². The van der Waals surface area contributed by atoms with Crippen LogP contribution in [0.25, 0.3) is 0 Å². The number of rotatable bonds is 6. The Hall–Kier alpha value is -2.67. The second-order valence-corrected chi connectivity index (χ2v) is 6.41. The van der Waals surface area contributed by atoms with E-state index in [-0.39, 0.29) is 18.3 Å². The topological polar surface area (TPSA) is 56.2 Å². The molecule has 0 atom stereocenters. The molecule has 0 aliphatic rings. The van der Waals surface area contributed by atoms with Gasteiger partial charge in [-0.1, -0.05) is 6.07 Å². The first-order valence-electron chi connectivity index (χ1n) is 7.86. The zero-order chi connectivity index (χ0) is 17.8. The van der Waals surface area contributed by atoms with Crippen molar-refractivity contribution < 1.29 is 13.9 Å². The fourth-order valence-electron chi connectivity index (χ4n) is 2.28. The van der Waals surface area contributed by atoms with Crippen LogP contribution in [0.5, 0.6) is 5.75 Å². The molecule has 3 rings (SSSR count). The molecule has 0 saturated heterocycles. The molecule has 1 aromatic carbocycles. The van der Waals surface area contributed by atoms with Crippen molar-refractivity contribution in [1.82, 2.24) is 9.78 Å². The summed E-state index contributed by atoms with van der Waals surface area (Å²) in [4.78, 5) is 13.0. The van der Waals surface area contributed by atoms with Crippen LogP contribution in [0.2, 0.25) is 0 Å². The lowest BCUT2D eigenvalue weighted by atomic mass is 10.3. The van der Waals surface area contributed by atoms with Gasteiger partial charge in [-0.3, -0.25) is 9.48 Å². The number of carbonyl (C=O) groups excluding carboxylic acids is 1. The summed E-state index contributed by atoms with van der Waals surface area (Å²) in [5.74, 6) is -0.0635. The van der Waals surface area contributed by atoms with Crippen molar-refractivity contribution in [2.45, 2.75) is 27.0 Å². The van der Waals surface area contributed by atoms with E-state index in [0.29, 0.717) is 16.3 Å². The summed E-state index contributed by atoms with van der Waals surface area (Å²) in [7, 11) is 0. The van der Waals surface area contributed by atoms with Crippen molar-refractivity contribution in [2.24, 2.45) is 0 Å². The van der Waals surface area contributed by atoms with Crippen molar-refractivity contribution in [2.75, 3.05) is 5.32 Å². The highest BCUT2D eigenvalue weighted by molar-refractivity contribution is 7.12. The van der Waals surface area contributed by atoms with Gasteiger partial charge in [0.05, 0.1) is 16.3 Å². The maximum Gasteiger partial charge on any atom is 0.265 e. The Bertz CT molecular complexity index is 888. The molecule has 7 heteroatoms. The number of halogens is 1. The van der Waals surface area contributed by atoms with Gasteiger partial charge in [-0.15, -0.1) is 11.3 Å². The summed E-state index contributed by atoms with van der Waals surface area (Å²) in [5, 5.41) is 9.04. The van der Waals surface area contributed by atoms with Crippen molar-refractivity contribution in [3.8, 4) is 5.75 Å². The number of aryl methyl sites for hydroxylation is 2. The third-order valence-corrected chi connectivity index (χ3v) is 4.58. The number of ether oxygens (including phenoxy) is 1. The fourth-order valence-corrected chi connectivity index (χ4v) is 3.07. The Balaban J connectivity index is 1.62. The molecule has 0 aliphatic carbocycles. The van der Waals surface area contributed by atoms with E-state index in [4.69, 9.17) is 4.74 Å². The van der Waals surface area contributed by atoms with Crippen molar-refractivity contribution in [3.63, 3.8) is 0 Å². The molecule has 1 N–H and O–H groups in total. The van der Waals surface area contributed by atoms with Gasteiger partial charge in [-0.2, -0.15) is 5.10 Å². The number of amides is 1. The molecule has 2 aromatic heterocycles. The number of hydrogen-bond donors (Lipinski definition) is 1. The molecule has 3 aromatic rings. The molecule has 25 heavy (non-hydrogen) atoms. The molecule has 1 amide bonds. The van der Waals surface area contributed by atoms with Crippen LogP contribution >= 0.6 is 11.3 Å². The first-order chi connectivity index (χ1) is 12.0. The number of nitrogens with zero attached hydrogens (tertiary/aromatic N) is 2. The third kappa shape index (κ3) is 4.24. The molecule has 0 bridgehead atoms. The molecule has 130 valence electrons. The highest BCUT2D eigenvalue weighted by Crippen LogP contribution is 2.20. The molecule has 0 radical (unpaired) electrons. The van der Waals surface area contributed by atoms with E-state index in [2.05, 4.69) is 10.4 Å². The van der Waals surface area contributed by atoms with E-state index in [1.54, 1.807) is 22.9 Å². The van der Waals surface area contributed by atoms with E-state index in [1.165, 1.54) is 23.5 Å². The first-order valence-corrected chi connectivity index (χ1v) is 8.74. The van der Waals surface area contributed by atoms with Crippen LogP contribution < -0.4 is 10.1 Å². The van der Waals surface area contributed by atoms with Crippen LogP contribution in [-0.4, -0.2) is 15.7 Å². The Kier molecular flexibility index (Phi) is 5.14. The number of aromatic nitrogens is 2. The second-order valence-electron chi connectivity index (χ2n) is 5.50. The van der Waals surface area contributed by atoms with Crippen LogP contribution in [0.15, 0.2) is 41.9 Å². The van der Waals surface area contributed by atoms with Gasteiger partial charge in [0.2, 0.25) is 0 Å². The number of benzene rings is 1. The fraction of sp³-hybridized carbons (Fsp3) is 0.222. The smallest absolute Gasteiger partial charge is 0.265 e. The number of hydrogen-bond acceptors (Lipinski definition) is 4. The molecular weight excluding hydrogens is 341 g/mol. The van der Waals surface area contributed by atoms with Crippen molar-refractivity contribution >= 4 is 22.9 Å². The van der Waals surface area contributed by atoms with Crippen LogP contribution in [0, 0.1) is 12.7 Å². The number of anilines is 1. The second kappa shape index (κ2) is 7.48. The minimum atomic E-state index is -0.342. The summed E-state index contributed by atoms with van der Waals surface area (Å²) in [6.45, 7) is 4.87. The van der Waals surface area contributed by atoms with E-state index >= 15 is 0 Å². The molecule has 0 aliphatic heterocycles. The van der Waals surface area contributed by atoms with E-state index in [1.807, 2.05) is 25.4 Å². The van der Waals surface area contributed by atoms with Gasteiger partial charge in [0, 0.05) is 24.4 Å². The average Bonchev–Trinajstić information content (AvgIpc) is 3.20.